The standard InChI is InChI=1S/C22H24ClFN2O4S.C18H15ClFNO2S.C16H17N.C5H12.CO2/c1-2-30-22(28)19(25)16-10-11-26(13-14-8-9-18(24)17(23)12-14)21(27)20(16)31(29)15-6-4-3-5-7-15;19-15-11-13(8-9-16(15)20)12-21-10-4-7-17(18(21)22)24(23)14-5-2-1-3-6-14;1-2-13-17-16(14-9-5-3-6-10-14)15-11-7-4-8-12-15;1-3-5-4-2;2-1-3/h3-9,12,16,19-20H,2,10-11,13,25H2,1H3;1-3,5-9,11H,4,10,12H2;3-12H,2,13H2,1H3;3-5H2,1-2H3;. The van der Waals surface area contributed by atoms with Gasteiger partial charge >= 0.3 is 12.1 Å². The van der Waals surface area contributed by atoms with Crippen molar-refractivity contribution < 1.29 is 45.9 Å². The summed E-state index contributed by atoms with van der Waals surface area (Å²) >= 11 is 11.6. The number of carbonyl (C=O) groups excluding carboxylic acids is 5. The maximum absolute atomic E-state index is 13.5. The zero-order valence-corrected chi connectivity index (χ0v) is 48.5. The lowest BCUT2D eigenvalue weighted by Gasteiger charge is -2.39. The highest BCUT2D eigenvalue weighted by molar-refractivity contribution is 7.90. The summed E-state index contributed by atoms with van der Waals surface area (Å²) < 4.78 is 57.8. The van der Waals surface area contributed by atoms with Gasteiger partial charge in [0.15, 0.2) is 0 Å². The Balaban J connectivity index is 0.000000249. The Morgan fingerprint density at radius 3 is 1.62 bits per heavy atom. The van der Waals surface area contributed by atoms with Crippen molar-refractivity contribution in [3.05, 3.63) is 213 Å². The fourth-order valence-corrected chi connectivity index (χ4v) is 11.6. The fourth-order valence-electron chi connectivity index (χ4n) is 8.33. The minimum atomic E-state index is -1.72. The SMILES string of the molecule is CCCCC.CCCN=C(c1ccccc1)c1ccccc1.CCOC(=O)C(N)C1CCN(Cc2ccc(F)c(Cl)c2)C(=O)C1S(=O)c1ccccc1.O=C1C(S(=O)c2ccccc2)=CCCN1Cc1ccc(F)c(Cl)c1.O=C=O. The summed E-state index contributed by atoms with van der Waals surface area (Å²) in [7, 11) is -3.23. The van der Waals surface area contributed by atoms with E-state index in [0.717, 1.165) is 24.2 Å². The molecule has 8 rings (SSSR count). The third kappa shape index (κ3) is 20.4. The average molecular weight is 1170 g/mol. The van der Waals surface area contributed by atoms with Gasteiger partial charge in [0, 0.05) is 59.6 Å². The summed E-state index contributed by atoms with van der Waals surface area (Å²) in [6.07, 6.45) is 8.15. The van der Waals surface area contributed by atoms with E-state index in [1.165, 1.54) is 54.7 Å². The van der Waals surface area contributed by atoms with E-state index >= 15 is 0 Å². The van der Waals surface area contributed by atoms with E-state index in [4.69, 9.17) is 48.3 Å². The van der Waals surface area contributed by atoms with E-state index < -0.39 is 56.4 Å². The van der Waals surface area contributed by atoms with E-state index in [0.29, 0.717) is 52.7 Å². The van der Waals surface area contributed by atoms with Crippen LogP contribution in [0.3, 0.4) is 0 Å². The smallest absolute Gasteiger partial charge is 0.373 e. The van der Waals surface area contributed by atoms with Gasteiger partial charge in [0.1, 0.15) is 27.8 Å². The van der Waals surface area contributed by atoms with E-state index in [1.54, 1.807) is 89.5 Å². The first kappa shape index (κ1) is 65.7. The lowest BCUT2D eigenvalue weighted by Crippen LogP contribution is -2.57. The molecule has 12 nitrogen and oxygen atoms in total. The van der Waals surface area contributed by atoms with Crippen molar-refractivity contribution >= 4 is 74.4 Å². The molecule has 5 unspecified atom stereocenters. The monoisotopic (exact) mass is 1170 g/mol. The molecule has 1 saturated heterocycles. The van der Waals surface area contributed by atoms with Crippen molar-refractivity contribution in [3.63, 3.8) is 0 Å². The largest absolute Gasteiger partial charge is 0.465 e. The third-order valence-electron chi connectivity index (χ3n) is 12.3. The molecule has 2 aliphatic heterocycles. The van der Waals surface area contributed by atoms with E-state index in [1.807, 2.05) is 18.2 Å². The molecule has 0 aromatic heterocycles. The molecule has 0 aliphatic carbocycles. The number of unbranched alkanes of at least 4 members (excludes halogenated alkanes) is 2. The highest BCUT2D eigenvalue weighted by atomic mass is 35.5. The maximum Gasteiger partial charge on any atom is 0.373 e. The molecule has 0 bridgehead atoms. The molecule has 0 saturated carbocycles. The lowest BCUT2D eigenvalue weighted by atomic mass is 9.88. The Labute approximate surface area is 483 Å². The number of benzene rings is 6. The summed E-state index contributed by atoms with van der Waals surface area (Å²) in [5.41, 5.74) is 11.0. The molecule has 80 heavy (non-hydrogen) atoms. The van der Waals surface area contributed by atoms with Crippen LogP contribution in [0.2, 0.25) is 10.0 Å². The topological polar surface area (TPSA) is 174 Å². The molecule has 2 heterocycles. The number of piperidine rings is 1. The molecule has 5 atom stereocenters. The molecule has 0 radical (unpaired) electrons. The van der Waals surface area contributed by atoms with Crippen LogP contribution in [0.5, 0.6) is 0 Å². The van der Waals surface area contributed by atoms with Crippen LogP contribution in [-0.4, -0.2) is 85.4 Å². The Bertz CT molecular complexity index is 3000. The second-order valence-electron chi connectivity index (χ2n) is 18.1. The summed E-state index contributed by atoms with van der Waals surface area (Å²) in [4.78, 5) is 63.8. The average Bonchev–Trinajstić information content (AvgIpc) is 3.55. The number of amides is 2. The van der Waals surface area contributed by atoms with Gasteiger partial charge in [-0.2, -0.15) is 9.59 Å². The lowest BCUT2D eigenvalue weighted by molar-refractivity contribution is -0.191. The second kappa shape index (κ2) is 35.8. The highest BCUT2D eigenvalue weighted by Gasteiger charge is 2.46. The molecule has 2 aliphatic rings. The number of ether oxygens (including phenoxy) is 1. The number of halogens is 4. The number of nitrogens with two attached hydrogens (primary N) is 1. The molecule has 1 fully saturated rings. The molecule has 6 aromatic rings. The normalized spacial score (nSPS) is 15.6. The van der Waals surface area contributed by atoms with Crippen LogP contribution in [0.15, 0.2) is 183 Å². The molecule has 424 valence electrons. The van der Waals surface area contributed by atoms with E-state index in [-0.39, 0.29) is 41.2 Å². The molecule has 0 spiro atoms. The van der Waals surface area contributed by atoms with Gasteiger partial charge in [-0.3, -0.25) is 23.6 Å². The first-order valence-corrected chi connectivity index (χ1v) is 29.4. The van der Waals surface area contributed by atoms with Crippen molar-refractivity contribution in [3.8, 4) is 0 Å². The van der Waals surface area contributed by atoms with Crippen LogP contribution in [0.25, 0.3) is 0 Å². The van der Waals surface area contributed by atoms with Crippen LogP contribution in [0.1, 0.15) is 88.5 Å². The Hall–Kier alpha value is -6.78. The van der Waals surface area contributed by atoms with Gasteiger partial charge in [0.05, 0.1) is 44.0 Å². The summed E-state index contributed by atoms with van der Waals surface area (Å²) in [6, 6.07) is 45.8. The Morgan fingerprint density at radius 1 is 0.700 bits per heavy atom. The zero-order chi connectivity index (χ0) is 58.4. The number of carbonyl (C=O) groups is 3. The number of esters is 1. The second-order valence-corrected chi connectivity index (χ2v) is 21.9. The van der Waals surface area contributed by atoms with Gasteiger partial charge in [-0.05, 0) is 85.8 Å². The first-order chi connectivity index (χ1) is 38.6. The molecule has 2 amide bonds. The van der Waals surface area contributed by atoms with Gasteiger partial charge in [-0.25, -0.2) is 13.0 Å². The molecule has 18 heteroatoms. The van der Waals surface area contributed by atoms with Crippen molar-refractivity contribution in [2.24, 2.45) is 16.6 Å². The van der Waals surface area contributed by atoms with Gasteiger partial charge in [0.25, 0.3) is 5.91 Å². The number of hydrogen-bond donors (Lipinski definition) is 1. The molecule has 2 N–H and O–H groups in total. The molecular weight excluding hydrogens is 1100 g/mol. The number of likely N-dealkylation sites (tertiary alicyclic amines) is 1. The number of hydrogen-bond acceptors (Lipinski definition) is 10. The van der Waals surface area contributed by atoms with Gasteiger partial charge in [0.2, 0.25) is 5.91 Å². The minimum absolute atomic E-state index is 0.0283. The van der Waals surface area contributed by atoms with E-state index in [2.05, 4.69) is 69.3 Å². The molecular formula is C62H68Cl2F2N4O8S2. The quantitative estimate of drug-likeness (QED) is 0.0688. The van der Waals surface area contributed by atoms with Crippen LogP contribution in [-0.2, 0) is 63.4 Å². The first-order valence-electron chi connectivity index (χ1n) is 26.3. The number of nitrogens with zero attached hydrogens (tertiary/aromatic N) is 3. The van der Waals surface area contributed by atoms with Gasteiger partial charge in [-0.1, -0.05) is 179 Å². The van der Waals surface area contributed by atoms with Crippen molar-refractivity contribution in [2.45, 2.75) is 100 Å². The number of rotatable bonds is 17. The summed E-state index contributed by atoms with van der Waals surface area (Å²) in [6.45, 7) is 10.6. The number of aliphatic imine (C=N–C) groups is 1. The Morgan fingerprint density at radius 2 is 1.18 bits per heavy atom. The fraction of sp³-hybridized carbons (Fsp3) is 0.306. The minimum Gasteiger partial charge on any atom is -0.465 e. The highest BCUT2D eigenvalue weighted by Crippen LogP contribution is 2.31. The van der Waals surface area contributed by atoms with Crippen LogP contribution in [0, 0.1) is 17.6 Å². The van der Waals surface area contributed by atoms with Crippen molar-refractivity contribution in [2.75, 3.05) is 26.2 Å². The zero-order valence-electron chi connectivity index (χ0n) is 45.3. The van der Waals surface area contributed by atoms with Gasteiger partial charge in [-0.15, -0.1) is 0 Å². The predicted octanol–water partition coefficient (Wildman–Crippen LogP) is 12.3. The van der Waals surface area contributed by atoms with Crippen LogP contribution >= 0.6 is 23.2 Å². The maximum atomic E-state index is 13.5. The van der Waals surface area contributed by atoms with Crippen LogP contribution in [0.4, 0.5) is 8.78 Å². The van der Waals surface area contributed by atoms with Crippen LogP contribution < -0.4 is 5.73 Å². The van der Waals surface area contributed by atoms with Crippen molar-refractivity contribution in [1.29, 1.82) is 0 Å². The van der Waals surface area contributed by atoms with E-state index in [9.17, 15) is 31.6 Å². The summed E-state index contributed by atoms with van der Waals surface area (Å²) in [5.74, 6) is -2.92. The molecule has 6 aromatic carbocycles. The predicted molar refractivity (Wildman–Crippen MR) is 312 cm³/mol. The van der Waals surface area contributed by atoms with Crippen molar-refractivity contribution in [1.82, 2.24) is 9.80 Å². The van der Waals surface area contributed by atoms with Gasteiger partial charge < -0.3 is 20.3 Å². The Kier molecular flexibility index (Phi) is 29.4. The summed E-state index contributed by atoms with van der Waals surface area (Å²) in [5, 5.41) is -1.01. The third-order valence-corrected chi connectivity index (χ3v) is 16.1.